The highest BCUT2D eigenvalue weighted by Gasteiger charge is 2.31. The molecule has 1 saturated heterocycles. The van der Waals surface area contributed by atoms with E-state index in [2.05, 4.69) is 4.98 Å². The van der Waals surface area contributed by atoms with Gasteiger partial charge in [-0.3, -0.25) is 4.90 Å². The molecule has 2 aromatic rings. The fraction of sp³-hybridized carbons (Fsp3) is 0.286. The number of anilines is 1. The molecule has 2 N–H and O–H groups in total. The minimum Gasteiger partial charge on any atom is -0.443 e. The standard InChI is InChI=1S/C14H14FN3O2S2/c1-8-6-17-13(21-8)22-12-3-2-9(4-11(12)15)18-7-10(5-16)20-14(18)19/h2-4,6,10H,5,7,16H2,1H3/t10-/m0/s1. The zero-order valence-corrected chi connectivity index (χ0v) is 13.4. The molecule has 0 saturated carbocycles. The molecule has 1 aliphatic heterocycles. The van der Waals surface area contributed by atoms with Gasteiger partial charge in [-0.25, -0.2) is 14.2 Å². The summed E-state index contributed by atoms with van der Waals surface area (Å²) in [6.07, 6.45) is 0.917. The summed E-state index contributed by atoms with van der Waals surface area (Å²) in [7, 11) is 0. The van der Waals surface area contributed by atoms with E-state index in [0.29, 0.717) is 17.1 Å². The number of thiazole rings is 1. The molecular formula is C14H14FN3O2S2. The van der Waals surface area contributed by atoms with Crippen LogP contribution in [0.5, 0.6) is 0 Å². The van der Waals surface area contributed by atoms with Crippen LogP contribution in [0.25, 0.3) is 0 Å². The van der Waals surface area contributed by atoms with E-state index in [-0.39, 0.29) is 18.5 Å². The van der Waals surface area contributed by atoms with Crippen molar-refractivity contribution in [2.75, 3.05) is 18.0 Å². The minimum absolute atomic E-state index is 0.252. The van der Waals surface area contributed by atoms with Crippen LogP contribution in [0.4, 0.5) is 14.9 Å². The molecule has 0 radical (unpaired) electrons. The predicted octanol–water partition coefficient (Wildman–Crippen LogP) is 3.03. The number of hydrogen-bond donors (Lipinski definition) is 1. The molecule has 1 aliphatic rings. The van der Waals surface area contributed by atoms with Gasteiger partial charge in [0.15, 0.2) is 4.34 Å². The Morgan fingerprint density at radius 2 is 2.41 bits per heavy atom. The predicted molar refractivity (Wildman–Crippen MR) is 84.0 cm³/mol. The molecule has 1 amide bonds. The zero-order chi connectivity index (χ0) is 15.7. The molecule has 1 aromatic carbocycles. The fourth-order valence-corrected chi connectivity index (χ4v) is 3.97. The lowest BCUT2D eigenvalue weighted by Gasteiger charge is -2.13. The molecule has 8 heteroatoms. The van der Waals surface area contributed by atoms with Crippen LogP contribution in [0, 0.1) is 12.7 Å². The second-order valence-electron chi connectivity index (χ2n) is 4.81. The van der Waals surface area contributed by atoms with Crippen LogP contribution in [-0.4, -0.2) is 30.3 Å². The molecule has 0 spiro atoms. The molecule has 1 fully saturated rings. The Morgan fingerprint density at radius 3 is 3.00 bits per heavy atom. The SMILES string of the molecule is Cc1cnc(Sc2ccc(N3C[C@H](CN)OC3=O)cc2F)s1. The molecule has 22 heavy (non-hydrogen) atoms. The molecule has 3 rings (SSSR count). The number of rotatable bonds is 4. The van der Waals surface area contributed by atoms with Gasteiger partial charge in [-0.2, -0.15) is 0 Å². The Hall–Kier alpha value is -1.64. The van der Waals surface area contributed by atoms with E-state index in [0.717, 1.165) is 9.22 Å². The highest BCUT2D eigenvalue weighted by molar-refractivity contribution is 8.01. The summed E-state index contributed by atoms with van der Waals surface area (Å²) in [6, 6.07) is 4.68. The average Bonchev–Trinajstić information content (AvgIpc) is 3.07. The number of nitrogens with two attached hydrogens (primary N) is 1. The molecule has 5 nitrogen and oxygen atoms in total. The topological polar surface area (TPSA) is 68.5 Å². The first-order valence-electron chi connectivity index (χ1n) is 6.65. The first-order valence-corrected chi connectivity index (χ1v) is 8.28. The molecular weight excluding hydrogens is 325 g/mol. The van der Waals surface area contributed by atoms with Crippen molar-refractivity contribution < 1.29 is 13.9 Å². The maximum atomic E-state index is 14.3. The Labute approximate surface area is 135 Å². The van der Waals surface area contributed by atoms with Gasteiger partial charge in [-0.15, -0.1) is 11.3 Å². The minimum atomic E-state index is -0.495. The van der Waals surface area contributed by atoms with Crippen LogP contribution in [0.1, 0.15) is 4.88 Å². The van der Waals surface area contributed by atoms with E-state index in [1.807, 2.05) is 6.92 Å². The number of nitrogens with zero attached hydrogens (tertiary/aromatic N) is 2. The van der Waals surface area contributed by atoms with Gasteiger partial charge in [-0.05, 0) is 25.1 Å². The maximum absolute atomic E-state index is 14.3. The Morgan fingerprint density at radius 1 is 1.59 bits per heavy atom. The van der Waals surface area contributed by atoms with Crippen LogP contribution < -0.4 is 10.6 Å². The van der Waals surface area contributed by atoms with Crippen molar-refractivity contribution in [1.82, 2.24) is 4.98 Å². The van der Waals surface area contributed by atoms with E-state index in [1.54, 1.807) is 18.3 Å². The van der Waals surface area contributed by atoms with Crippen LogP contribution in [-0.2, 0) is 4.74 Å². The number of carbonyl (C=O) groups is 1. The zero-order valence-electron chi connectivity index (χ0n) is 11.8. The van der Waals surface area contributed by atoms with E-state index >= 15 is 0 Å². The Bertz CT molecular complexity index is 707. The van der Waals surface area contributed by atoms with Crippen molar-refractivity contribution in [2.45, 2.75) is 22.3 Å². The molecule has 1 atom stereocenters. The lowest BCUT2D eigenvalue weighted by molar-refractivity contribution is 0.145. The van der Waals surface area contributed by atoms with E-state index in [4.69, 9.17) is 10.5 Å². The third-order valence-electron chi connectivity index (χ3n) is 3.16. The van der Waals surface area contributed by atoms with Crippen molar-refractivity contribution in [3.63, 3.8) is 0 Å². The molecule has 0 bridgehead atoms. The van der Waals surface area contributed by atoms with Crippen molar-refractivity contribution in [3.05, 3.63) is 35.1 Å². The van der Waals surface area contributed by atoms with Crippen molar-refractivity contribution in [2.24, 2.45) is 5.73 Å². The van der Waals surface area contributed by atoms with Crippen LogP contribution in [0.2, 0.25) is 0 Å². The van der Waals surface area contributed by atoms with E-state index < -0.39 is 6.09 Å². The van der Waals surface area contributed by atoms with Gasteiger partial charge in [0.25, 0.3) is 0 Å². The summed E-state index contributed by atoms with van der Waals surface area (Å²) in [5, 5.41) is 0. The van der Waals surface area contributed by atoms with Gasteiger partial charge in [0.05, 0.1) is 17.1 Å². The van der Waals surface area contributed by atoms with Crippen molar-refractivity contribution in [3.8, 4) is 0 Å². The maximum Gasteiger partial charge on any atom is 0.414 e. The summed E-state index contributed by atoms with van der Waals surface area (Å²) in [6.45, 7) is 2.54. The molecule has 0 unspecified atom stereocenters. The smallest absolute Gasteiger partial charge is 0.414 e. The highest BCUT2D eigenvalue weighted by atomic mass is 32.2. The summed E-state index contributed by atoms with van der Waals surface area (Å²) in [5.74, 6) is -0.389. The number of aromatic nitrogens is 1. The number of hydrogen-bond acceptors (Lipinski definition) is 6. The third kappa shape index (κ3) is 3.08. The van der Waals surface area contributed by atoms with Crippen LogP contribution in [0.15, 0.2) is 33.6 Å². The molecule has 116 valence electrons. The number of ether oxygens (including phenoxy) is 1. The van der Waals surface area contributed by atoms with Crippen LogP contribution >= 0.6 is 23.1 Å². The average molecular weight is 339 g/mol. The lowest BCUT2D eigenvalue weighted by Crippen LogP contribution is -2.27. The van der Waals surface area contributed by atoms with Crippen molar-refractivity contribution >= 4 is 34.9 Å². The van der Waals surface area contributed by atoms with E-state index in [1.165, 1.54) is 34.1 Å². The number of benzene rings is 1. The van der Waals surface area contributed by atoms with Gasteiger partial charge in [-0.1, -0.05) is 11.8 Å². The lowest BCUT2D eigenvalue weighted by atomic mass is 10.2. The first kappa shape index (κ1) is 15.3. The molecule has 0 aliphatic carbocycles. The van der Waals surface area contributed by atoms with Gasteiger partial charge < -0.3 is 10.5 Å². The first-order chi connectivity index (χ1) is 10.6. The van der Waals surface area contributed by atoms with E-state index in [9.17, 15) is 9.18 Å². The quantitative estimate of drug-likeness (QED) is 0.927. The number of cyclic esters (lactones) is 1. The summed E-state index contributed by atoms with van der Waals surface area (Å²) in [4.78, 5) is 18.9. The summed E-state index contributed by atoms with van der Waals surface area (Å²) < 4.78 is 20.1. The van der Waals surface area contributed by atoms with Gasteiger partial charge >= 0.3 is 6.09 Å². The third-order valence-corrected chi connectivity index (χ3v) is 5.20. The number of aryl methyl sites for hydroxylation is 1. The molecule has 2 heterocycles. The summed E-state index contributed by atoms with van der Waals surface area (Å²) in [5.41, 5.74) is 5.96. The van der Waals surface area contributed by atoms with Gasteiger partial charge in [0, 0.05) is 17.6 Å². The Kier molecular flexibility index (Phi) is 4.32. The number of halogens is 1. The number of carbonyl (C=O) groups excluding carboxylic acids is 1. The monoisotopic (exact) mass is 339 g/mol. The normalized spacial score (nSPS) is 17.9. The summed E-state index contributed by atoms with van der Waals surface area (Å²) >= 11 is 2.78. The molecule has 1 aromatic heterocycles. The largest absolute Gasteiger partial charge is 0.443 e. The van der Waals surface area contributed by atoms with Gasteiger partial charge in [0.1, 0.15) is 11.9 Å². The Balaban J connectivity index is 1.79. The van der Waals surface area contributed by atoms with Crippen LogP contribution in [0.3, 0.4) is 0 Å². The number of amides is 1. The van der Waals surface area contributed by atoms with Gasteiger partial charge in [0.2, 0.25) is 0 Å². The second-order valence-corrected chi connectivity index (χ2v) is 7.33. The highest BCUT2D eigenvalue weighted by Crippen LogP contribution is 2.34. The second kappa shape index (κ2) is 6.23. The fourth-order valence-electron chi connectivity index (χ4n) is 2.07. The van der Waals surface area contributed by atoms with Crippen molar-refractivity contribution in [1.29, 1.82) is 0 Å².